The zero-order valence-corrected chi connectivity index (χ0v) is 18.7. The SMILES string of the molecule is O=C1CCCN1c1ccccc1NCC(=O)N1N=C(c2ccc(Cl)cc2)C[C@@H]1c1ccco1. The van der Waals surface area contributed by atoms with Crippen LogP contribution in [0.4, 0.5) is 11.4 Å². The van der Waals surface area contributed by atoms with Gasteiger partial charge in [0.15, 0.2) is 0 Å². The van der Waals surface area contributed by atoms with E-state index in [-0.39, 0.29) is 24.4 Å². The fourth-order valence-corrected chi connectivity index (χ4v) is 4.40. The molecule has 0 radical (unpaired) electrons. The Balaban J connectivity index is 1.36. The predicted molar refractivity (Wildman–Crippen MR) is 127 cm³/mol. The summed E-state index contributed by atoms with van der Waals surface area (Å²) < 4.78 is 5.61. The van der Waals surface area contributed by atoms with Gasteiger partial charge in [0.25, 0.3) is 5.91 Å². The van der Waals surface area contributed by atoms with Crippen LogP contribution >= 0.6 is 11.6 Å². The molecule has 2 aliphatic heterocycles. The topological polar surface area (TPSA) is 78.2 Å². The lowest BCUT2D eigenvalue weighted by Crippen LogP contribution is -2.32. The third-order valence-electron chi connectivity index (χ3n) is 5.91. The Morgan fingerprint density at radius 1 is 1.12 bits per heavy atom. The number of hydrogen-bond donors (Lipinski definition) is 1. The first-order valence-electron chi connectivity index (χ1n) is 10.9. The molecule has 0 unspecified atom stereocenters. The summed E-state index contributed by atoms with van der Waals surface area (Å²) in [5.41, 5.74) is 3.25. The van der Waals surface area contributed by atoms with E-state index >= 15 is 0 Å². The van der Waals surface area contributed by atoms with Gasteiger partial charge >= 0.3 is 0 Å². The molecule has 8 heteroatoms. The summed E-state index contributed by atoms with van der Waals surface area (Å²) in [5, 5.41) is 9.99. The number of nitrogens with zero attached hydrogens (tertiary/aromatic N) is 3. The molecule has 168 valence electrons. The predicted octanol–water partition coefficient (Wildman–Crippen LogP) is 4.85. The quantitative estimate of drug-likeness (QED) is 0.568. The van der Waals surface area contributed by atoms with Crippen molar-refractivity contribution in [3.63, 3.8) is 0 Å². The van der Waals surface area contributed by atoms with Gasteiger partial charge < -0.3 is 14.6 Å². The van der Waals surface area contributed by atoms with Gasteiger partial charge in [-0.2, -0.15) is 5.10 Å². The minimum atomic E-state index is -0.324. The molecule has 2 aliphatic rings. The summed E-state index contributed by atoms with van der Waals surface area (Å²) in [4.78, 5) is 27.3. The van der Waals surface area contributed by atoms with Crippen LogP contribution < -0.4 is 10.2 Å². The van der Waals surface area contributed by atoms with Gasteiger partial charge in [-0.25, -0.2) is 5.01 Å². The van der Waals surface area contributed by atoms with Crippen molar-refractivity contribution in [1.29, 1.82) is 0 Å². The zero-order chi connectivity index (χ0) is 22.8. The molecule has 2 amide bonds. The number of rotatable bonds is 6. The van der Waals surface area contributed by atoms with Crippen LogP contribution in [0.1, 0.15) is 36.6 Å². The largest absolute Gasteiger partial charge is 0.467 e. The molecule has 1 fully saturated rings. The minimum Gasteiger partial charge on any atom is -0.467 e. The van der Waals surface area contributed by atoms with Gasteiger partial charge in [-0.3, -0.25) is 9.59 Å². The highest BCUT2D eigenvalue weighted by Gasteiger charge is 2.35. The average Bonchev–Trinajstić information content (AvgIpc) is 3.59. The zero-order valence-electron chi connectivity index (χ0n) is 17.9. The molecule has 7 nitrogen and oxygen atoms in total. The number of benzene rings is 2. The van der Waals surface area contributed by atoms with Crippen molar-refractivity contribution in [2.24, 2.45) is 5.10 Å². The number of nitrogens with one attached hydrogen (secondary N) is 1. The number of amides is 2. The van der Waals surface area contributed by atoms with Gasteiger partial charge in [-0.15, -0.1) is 0 Å². The Labute approximate surface area is 196 Å². The van der Waals surface area contributed by atoms with E-state index in [9.17, 15) is 9.59 Å². The van der Waals surface area contributed by atoms with E-state index in [1.807, 2.05) is 54.6 Å². The van der Waals surface area contributed by atoms with E-state index in [1.165, 1.54) is 5.01 Å². The van der Waals surface area contributed by atoms with Gasteiger partial charge in [0, 0.05) is 24.4 Å². The monoisotopic (exact) mass is 462 g/mol. The number of halogens is 1. The highest BCUT2D eigenvalue weighted by atomic mass is 35.5. The van der Waals surface area contributed by atoms with Crippen LogP contribution in [0.15, 0.2) is 76.4 Å². The second kappa shape index (κ2) is 9.11. The van der Waals surface area contributed by atoms with Crippen LogP contribution in [0, 0.1) is 0 Å². The van der Waals surface area contributed by atoms with Crippen LogP contribution in [0.25, 0.3) is 0 Å². The fourth-order valence-electron chi connectivity index (χ4n) is 4.27. The molecule has 2 aromatic carbocycles. The Morgan fingerprint density at radius 2 is 1.94 bits per heavy atom. The minimum absolute atomic E-state index is 0.0354. The fraction of sp³-hybridized carbons (Fsp3) is 0.240. The Hall–Kier alpha value is -3.58. The number of hydrogen-bond acceptors (Lipinski definition) is 5. The van der Waals surface area contributed by atoms with Crippen LogP contribution in [-0.4, -0.2) is 35.6 Å². The molecule has 3 aromatic rings. The standard InChI is InChI=1S/C25H23ClN4O3/c26-18-11-9-17(10-12-18)20-15-22(23-7-4-14-33-23)30(28-20)25(32)16-27-19-5-1-2-6-21(19)29-13-3-8-24(29)31/h1-2,4-7,9-12,14,22,27H,3,8,13,15-16H2/t22-/m1/s1. The van der Waals surface area contributed by atoms with E-state index in [4.69, 9.17) is 16.0 Å². The van der Waals surface area contributed by atoms with Crippen molar-refractivity contribution in [1.82, 2.24) is 5.01 Å². The summed E-state index contributed by atoms with van der Waals surface area (Å²) >= 11 is 6.02. The van der Waals surface area contributed by atoms with Crippen molar-refractivity contribution >= 4 is 40.5 Å². The highest BCUT2D eigenvalue weighted by molar-refractivity contribution is 6.30. The molecule has 0 saturated carbocycles. The van der Waals surface area contributed by atoms with Crippen LogP contribution in [-0.2, 0) is 9.59 Å². The van der Waals surface area contributed by atoms with Crippen LogP contribution in [0.3, 0.4) is 0 Å². The van der Waals surface area contributed by atoms with Crippen LogP contribution in [0.2, 0.25) is 5.02 Å². The molecule has 1 N–H and O–H groups in total. The van der Waals surface area contributed by atoms with E-state index < -0.39 is 0 Å². The first-order chi connectivity index (χ1) is 16.1. The third-order valence-corrected chi connectivity index (χ3v) is 6.17. The lowest BCUT2D eigenvalue weighted by atomic mass is 10.0. The molecule has 1 atom stereocenters. The normalized spacial score (nSPS) is 18.0. The van der Waals surface area contributed by atoms with Gasteiger partial charge in [0.2, 0.25) is 5.91 Å². The van der Waals surface area contributed by atoms with Crippen molar-refractivity contribution in [2.75, 3.05) is 23.3 Å². The van der Waals surface area contributed by atoms with Gasteiger partial charge in [-0.1, -0.05) is 35.9 Å². The molecule has 0 spiro atoms. The molecule has 1 aromatic heterocycles. The Kier molecular flexibility index (Phi) is 5.88. The smallest absolute Gasteiger partial charge is 0.262 e. The molecule has 5 rings (SSSR count). The van der Waals surface area contributed by atoms with Crippen molar-refractivity contribution in [3.05, 3.63) is 83.3 Å². The summed E-state index contributed by atoms with van der Waals surface area (Å²) in [6.07, 6.45) is 3.53. The molecule has 3 heterocycles. The summed E-state index contributed by atoms with van der Waals surface area (Å²) in [6.45, 7) is 0.723. The van der Waals surface area contributed by atoms with Crippen molar-refractivity contribution in [2.45, 2.75) is 25.3 Å². The van der Waals surface area contributed by atoms with E-state index in [0.29, 0.717) is 30.2 Å². The van der Waals surface area contributed by atoms with E-state index in [0.717, 1.165) is 29.1 Å². The summed E-state index contributed by atoms with van der Waals surface area (Å²) in [5.74, 6) is 0.590. The van der Waals surface area contributed by atoms with E-state index in [1.54, 1.807) is 17.2 Å². The Bertz CT molecular complexity index is 1190. The third kappa shape index (κ3) is 4.36. The average molecular weight is 463 g/mol. The first kappa shape index (κ1) is 21.3. The molecular weight excluding hydrogens is 440 g/mol. The number of anilines is 2. The highest BCUT2D eigenvalue weighted by Crippen LogP contribution is 2.34. The summed E-state index contributed by atoms with van der Waals surface area (Å²) in [7, 11) is 0. The molecule has 0 aliphatic carbocycles. The Morgan fingerprint density at radius 3 is 2.67 bits per heavy atom. The maximum atomic E-state index is 13.3. The number of para-hydroxylation sites is 2. The van der Waals surface area contributed by atoms with Crippen LogP contribution in [0.5, 0.6) is 0 Å². The maximum Gasteiger partial charge on any atom is 0.262 e. The lowest BCUT2D eigenvalue weighted by molar-refractivity contribution is -0.131. The molecular formula is C25H23ClN4O3. The molecule has 0 bridgehead atoms. The molecule has 1 saturated heterocycles. The summed E-state index contributed by atoms with van der Waals surface area (Å²) in [6, 6.07) is 18.3. The second-order valence-corrected chi connectivity index (χ2v) is 8.48. The lowest BCUT2D eigenvalue weighted by Gasteiger charge is -2.22. The van der Waals surface area contributed by atoms with Gasteiger partial charge in [0.1, 0.15) is 11.8 Å². The van der Waals surface area contributed by atoms with Gasteiger partial charge in [-0.05, 0) is 48.4 Å². The van der Waals surface area contributed by atoms with Crippen molar-refractivity contribution in [3.8, 4) is 0 Å². The number of carbonyl (C=O) groups excluding carboxylic acids is 2. The van der Waals surface area contributed by atoms with Crippen molar-refractivity contribution < 1.29 is 14.0 Å². The maximum absolute atomic E-state index is 13.3. The molecule has 33 heavy (non-hydrogen) atoms. The number of furan rings is 1. The number of hydrazone groups is 1. The van der Waals surface area contributed by atoms with Gasteiger partial charge in [0.05, 0.1) is 29.9 Å². The first-order valence-corrected chi connectivity index (χ1v) is 11.3. The van der Waals surface area contributed by atoms with E-state index in [2.05, 4.69) is 10.4 Å². The second-order valence-electron chi connectivity index (χ2n) is 8.05. The number of carbonyl (C=O) groups is 2.